The van der Waals surface area contributed by atoms with E-state index in [1.54, 1.807) is 31.2 Å². The molecule has 0 aliphatic rings. The molecule has 0 unspecified atom stereocenters. The molecule has 17 heavy (non-hydrogen) atoms. The van der Waals surface area contributed by atoms with Crippen molar-refractivity contribution >= 4 is 5.97 Å². The number of rotatable bonds is 4. The highest BCUT2D eigenvalue weighted by Crippen LogP contribution is 2.10. The Morgan fingerprint density at radius 2 is 1.65 bits per heavy atom. The molecule has 1 aromatic carbocycles. The van der Waals surface area contributed by atoms with Gasteiger partial charge in [0.25, 0.3) is 0 Å². The number of benzene rings is 1. The second-order valence-corrected chi connectivity index (χ2v) is 3.65. The van der Waals surface area contributed by atoms with Gasteiger partial charge in [-0.2, -0.15) is 0 Å². The SMILES string of the molecule is CCCC.CCOC(=O)Cc1ccc(O)cc1. The smallest absolute Gasteiger partial charge is 0.310 e. The van der Waals surface area contributed by atoms with Crippen molar-refractivity contribution < 1.29 is 14.6 Å². The largest absolute Gasteiger partial charge is 0.508 e. The predicted molar refractivity (Wildman–Crippen MR) is 69.0 cm³/mol. The van der Waals surface area contributed by atoms with Crippen LogP contribution in [0.15, 0.2) is 24.3 Å². The molecule has 0 atom stereocenters. The molecule has 3 nitrogen and oxygen atoms in total. The first-order valence-corrected chi connectivity index (χ1v) is 6.07. The van der Waals surface area contributed by atoms with E-state index in [-0.39, 0.29) is 18.1 Å². The van der Waals surface area contributed by atoms with Crippen LogP contribution < -0.4 is 0 Å². The van der Waals surface area contributed by atoms with Gasteiger partial charge >= 0.3 is 5.97 Å². The third kappa shape index (κ3) is 8.31. The van der Waals surface area contributed by atoms with Gasteiger partial charge in [-0.3, -0.25) is 4.79 Å². The van der Waals surface area contributed by atoms with Gasteiger partial charge < -0.3 is 9.84 Å². The lowest BCUT2D eigenvalue weighted by molar-refractivity contribution is -0.142. The van der Waals surface area contributed by atoms with Crippen molar-refractivity contribution in [3.8, 4) is 5.75 Å². The third-order valence-electron chi connectivity index (χ3n) is 2.09. The summed E-state index contributed by atoms with van der Waals surface area (Å²) in [5.74, 6) is -0.0409. The van der Waals surface area contributed by atoms with Crippen molar-refractivity contribution in [2.75, 3.05) is 6.61 Å². The van der Waals surface area contributed by atoms with Crippen molar-refractivity contribution in [1.82, 2.24) is 0 Å². The van der Waals surface area contributed by atoms with Crippen LogP contribution in [0.5, 0.6) is 5.75 Å². The summed E-state index contributed by atoms with van der Waals surface area (Å²) in [6.07, 6.45) is 2.90. The lowest BCUT2D eigenvalue weighted by Crippen LogP contribution is -2.07. The van der Waals surface area contributed by atoms with Gasteiger partial charge in [0.05, 0.1) is 13.0 Å². The first kappa shape index (κ1) is 15.5. The fourth-order valence-corrected chi connectivity index (χ4v) is 0.992. The highest BCUT2D eigenvalue weighted by Gasteiger charge is 2.02. The Labute approximate surface area is 103 Å². The van der Waals surface area contributed by atoms with Gasteiger partial charge in [0.15, 0.2) is 0 Å². The minimum absolute atomic E-state index is 0.201. The average Bonchev–Trinajstić information content (AvgIpc) is 2.33. The number of carbonyl (C=O) groups is 1. The Hall–Kier alpha value is -1.51. The van der Waals surface area contributed by atoms with Gasteiger partial charge in [-0.1, -0.05) is 38.8 Å². The molecule has 0 bridgehead atoms. The van der Waals surface area contributed by atoms with Crippen LogP contribution in [0, 0.1) is 0 Å². The van der Waals surface area contributed by atoms with Crippen molar-refractivity contribution in [3.05, 3.63) is 29.8 Å². The molecule has 1 rings (SSSR count). The molecule has 96 valence electrons. The quantitative estimate of drug-likeness (QED) is 0.819. The van der Waals surface area contributed by atoms with E-state index in [4.69, 9.17) is 9.84 Å². The van der Waals surface area contributed by atoms with E-state index in [1.165, 1.54) is 12.8 Å². The molecule has 0 radical (unpaired) electrons. The molecule has 0 amide bonds. The Morgan fingerprint density at radius 1 is 1.12 bits per heavy atom. The molecule has 1 aromatic rings. The van der Waals surface area contributed by atoms with Gasteiger partial charge in [0.1, 0.15) is 5.75 Å². The van der Waals surface area contributed by atoms with Crippen LogP contribution in [0.4, 0.5) is 0 Å². The molecule has 0 aliphatic carbocycles. The topological polar surface area (TPSA) is 46.5 Å². The van der Waals surface area contributed by atoms with Crippen molar-refractivity contribution in [3.63, 3.8) is 0 Å². The molecular formula is C14H22O3. The van der Waals surface area contributed by atoms with E-state index in [0.717, 1.165) is 5.56 Å². The predicted octanol–water partition coefficient (Wildman–Crippen LogP) is 3.30. The van der Waals surface area contributed by atoms with Crippen molar-refractivity contribution in [2.24, 2.45) is 0 Å². The molecule has 3 heteroatoms. The van der Waals surface area contributed by atoms with Gasteiger partial charge in [0, 0.05) is 0 Å². The monoisotopic (exact) mass is 238 g/mol. The Bertz CT molecular complexity index is 302. The molecule has 1 N–H and O–H groups in total. The Balaban J connectivity index is 0.000000557. The molecule has 0 aromatic heterocycles. The van der Waals surface area contributed by atoms with E-state index < -0.39 is 0 Å². The van der Waals surface area contributed by atoms with Crippen LogP contribution >= 0.6 is 0 Å². The number of hydrogen-bond donors (Lipinski definition) is 1. The van der Waals surface area contributed by atoms with Crippen molar-refractivity contribution in [2.45, 2.75) is 40.0 Å². The summed E-state index contributed by atoms with van der Waals surface area (Å²) < 4.78 is 4.77. The number of carbonyl (C=O) groups excluding carboxylic acids is 1. The summed E-state index contributed by atoms with van der Waals surface area (Å²) in [4.78, 5) is 11.0. The number of esters is 1. The zero-order valence-corrected chi connectivity index (χ0v) is 10.9. The standard InChI is InChI=1S/C10H12O3.C4H10/c1-2-13-10(12)7-8-3-5-9(11)6-4-8;1-3-4-2/h3-6,11H,2,7H2,1H3;3-4H2,1-2H3. The van der Waals surface area contributed by atoms with Crippen LogP contribution in [0.3, 0.4) is 0 Å². The molecule has 0 spiro atoms. The van der Waals surface area contributed by atoms with Crippen LogP contribution in [-0.4, -0.2) is 17.7 Å². The van der Waals surface area contributed by atoms with Gasteiger partial charge in [-0.15, -0.1) is 0 Å². The number of ether oxygens (including phenoxy) is 1. The lowest BCUT2D eigenvalue weighted by Gasteiger charge is -2.01. The lowest BCUT2D eigenvalue weighted by atomic mass is 10.1. The second-order valence-electron chi connectivity index (χ2n) is 3.65. The summed E-state index contributed by atoms with van der Waals surface area (Å²) in [6, 6.07) is 6.50. The fourth-order valence-electron chi connectivity index (χ4n) is 0.992. The first-order chi connectivity index (χ1) is 8.13. The zero-order valence-electron chi connectivity index (χ0n) is 10.9. The fraction of sp³-hybridized carbons (Fsp3) is 0.500. The van der Waals surface area contributed by atoms with Crippen LogP contribution in [0.25, 0.3) is 0 Å². The maximum Gasteiger partial charge on any atom is 0.310 e. The van der Waals surface area contributed by atoms with E-state index in [1.807, 2.05) is 0 Å². The average molecular weight is 238 g/mol. The molecule has 0 fully saturated rings. The Kier molecular flexibility index (Phi) is 8.84. The minimum Gasteiger partial charge on any atom is -0.508 e. The van der Waals surface area contributed by atoms with E-state index in [9.17, 15) is 4.79 Å². The number of aromatic hydroxyl groups is 1. The number of unbranched alkanes of at least 4 members (excludes halogenated alkanes) is 1. The molecule has 0 heterocycles. The van der Waals surface area contributed by atoms with Crippen molar-refractivity contribution in [1.29, 1.82) is 0 Å². The minimum atomic E-state index is -0.242. The third-order valence-corrected chi connectivity index (χ3v) is 2.09. The molecule has 0 saturated heterocycles. The highest BCUT2D eigenvalue weighted by molar-refractivity contribution is 5.72. The maximum atomic E-state index is 11.0. The van der Waals surface area contributed by atoms with Gasteiger partial charge in [-0.05, 0) is 24.6 Å². The molecule has 0 saturated carbocycles. The highest BCUT2D eigenvalue weighted by atomic mass is 16.5. The summed E-state index contributed by atoms with van der Waals surface area (Å²) in [5, 5.41) is 8.98. The van der Waals surface area contributed by atoms with E-state index >= 15 is 0 Å². The number of hydrogen-bond acceptors (Lipinski definition) is 3. The Morgan fingerprint density at radius 3 is 2.06 bits per heavy atom. The van der Waals surface area contributed by atoms with Gasteiger partial charge in [0.2, 0.25) is 0 Å². The van der Waals surface area contributed by atoms with E-state index in [2.05, 4.69) is 13.8 Å². The first-order valence-electron chi connectivity index (χ1n) is 6.07. The van der Waals surface area contributed by atoms with Crippen LogP contribution in [0.2, 0.25) is 0 Å². The zero-order chi connectivity index (χ0) is 13.1. The van der Waals surface area contributed by atoms with Gasteiger partial charge in [-0.25, -0.2) is 0 Å². The second kappa shape index (κ2) is 9.70. The summed E-state index contributed by atoms with van der Waals surface area (Å²) in [6.45, 7) is 6.53. The summed E-state index contributed by atoms with van der Waals surface area (Å²) >= 11 is 0. The normalized spacial score (nSPS) is 9.12. The van der Waals surface area contributed by atoms with Crippen LogP contribution in [-0.2, 0) is 16.0 Å². The number of phenolic OH excluding ortho intramolecular Hbond substituents is 1. The maximum absolute atomic E-state index is 11.0. The summed E-state index contributed by atoms with van der Waals surface area (Å²) in [7, 11) is 0. The number of phenols is 1. The molecular weight excluding hydrogens is 216 g/mol. The summed E-state index contributed by atoms with van der Waals surface area (Å²) in [5.41, 5.74) is 0.844. The molecule has 0 aliphatic heterocycles. The van der Waals surface area contributed by atoms with Crippen LogP contribution in [0.1, 0.15) is 39.2 Å². The van der Waals surface area contributed by atoms with E-state index in [0.29, 0.717) is 6.61 Å².